The maximum atomic E-state index is 15.4. The van der Waals surface area contributed by atoms with Crippen LogP contribution < -0.4 is 15.4 Å². The molecule has 0 saturated heterocycles. The number of aliphatic hydroxyl groups is 1. The van der Waals surface area contributed by atoms with Crippen molar-refractivity contribution in [2.24, 2.45) is 0 Å². The van der Waals surface area contributed by atoms with Gasteiger partial charge in [0.2, 0.25) is 12.2 Å². The second-order valence-electron chi connectivity index (χ2n) is 9.57. The number of rotatable bonds is 5. The number of hydrogen-bond acceptors (Lipinski definition) is 8. The molecule has 0 spiro atoms. The highest BCUT2D eigenvalue weighted by Gasteiger charge is 2.24. The van der Waals surface area contributed by atoms with Gasteiger partial charge in [-0.25, -0.2) is 14.4 Å². The Morgan fingerprint density at radius 1 is 1.29 bits per heavy atom. The molecule has 9 nitrogen and oxygen atoms in total. The molecule has 3 aromatic heterocycles. The number of aromatic nitrogens is 4. The van der Waals surface area contributed by atoms with Crippen molar-refractivity contribution in [2.45, 2.75) is 58.5 Å². The molecule has 4 aromatic rings. The lowest BCUT2D eigenvalue weighted by Gasteiger charge is -2.23. The molecule has 0 amide bonds. The molecule has 1 aliphatic rings. The monoisotopic (exact) mass is 466 g/mol. The van der Waals surface area contributed by atoms with Crippen LogP contribution in [0.25, 0.3) is 10.9 Å². The number of ether oxygens (including phenoxy) is 1. The van der Waals surface area contributed by atoms with Crippen molar-refractivity contribution in [3.63, 3.8) is 0 Å². The van der Waals surface area contributed by atoms with Crippen molar-refractivity contribution in [3.05, 3.63) is 59.6 Å². The Morgan fingerprint density at radius 3 is 2.88 bits per heavy atom. The molecule has 4 heterocycles. The van der Waals surface area contributed by atoms with E-state index in [0.717, 1.165) is 11.3 Å². The summed E-state index contributed by atoms with van der Waals surface area (Å²) in [6, 6.07) is 6.81. The molecular formula is C24H27FN6O3. The van der Waals surface area contributed by atoms with Gasteiger partial charge in [0.05, 0.1) is 11.2 Å². The summed E-state index contributed by atoms with van der Waals surface area (Å²) < 4.78 is 28.1. The standard InChI is InChI=1S/C24H27FN6O3/c1-13-9-15-16(11-26-13)27-12-28-22(15)33-18-6-5-17-14(21(18)25)7-8-31(17)23(32)29-20-10-19(34-30-20)24(2,3)4/h5-8,10,12-13,23,26,32H,9,11H2,1-4H3,(H,29,30)/t13-,23?/m1/s1. The molecule has 5 rings (SSSR count). The Hall–Kier alpha value is -3.50. The van der Waals surface area contributed by atoms with Gasteiger partial charge in [-0.3, -0.25) is 0 Å². The van der Waals surface area contributed by atoms with Gasteiger partial charge in [0.25, 0.3) is 0 Å². The van der Waals surface area contributed by atoms with Crippen LogP contribution in [-0.2, 0) is 18.4 Å². The number of nitrogens with one attached hydrogen (secondary N) is 2. The molecule has 34 heavy (non-hydrogen) atoms. The van der Waals surface area contributed by atoms with Gasteiger partial charge in [-0.15, -0.1) is 0 Å². The summed E-state index contributed by atoms with van der Waals surface area (Å²) in [6.07, 6.45) is 2.54. The van der Waals surface area contributed by atoms with Crippen LogP contribution in [0, 0.1) is 5.82 Å². The topological polar surface area (TPSA) is 110 Å². The minimum atomic E-state index is -1.18. The fourth-order valence-corrected chi connectivity index (χ4v) is 4.00. The summed E-state index contributed by atoms with van der Waals surface area (Å²) in [7, 11) is 0. The molecule has 10 heteroatoms. The zero-order chi connectivity index (χ0) is 24.0. The van der Waals surface area contributed by atoms with E-state index in [1.54, 1.807) is 24.4 Å². The lowest BCUT2D eigenvalue weighted by molar-refractivity contribution is 0.137. The number of nitrogens with zero attached hydrogens (tertiary/aromatic N) is 4. The van der Waals surface area contributed by atoms with Gasteiger partial charge in [0.15, 0.2) is 17.4 Å². The Balaban J connectivity index is 1.40. The number of aliphatic hydroxyl groups excluding tert-OH is 1. The fourth-order valence-electron chi connectivity index (χ4n) is 4.00. The van der Waals surface area contributed by atoms with Crippen LogP contribution in [0.3, 0.4) is 0 Å². The van der Waals surface area contributed by atoms with Gasteiger partial charge >= 0.3 is 0 Å². The van der Waals surface area contributed by atoms with E-state index in [-0.39, 0.29) is 17.2 Å². The van der Waals surface area contributed by atoms with Crippen LogP contribution >= 0.6 is 0 Å². The molecule has 0 saturated carbocycles. The predicted octanol–water partition coefficient (Wildman–Crippen LogP) is 4.24. The van der Waals surface area contributed by atoms with Crippen molar-refractivity contribution in [1.82, 2.24) is 25.0 Å². The lowest BCUT2D eigenvalue weighted by atomic mass is 9.93. The van der Waals surface area contributed by atoms with Crippen LogP contribution in [0.5, 0.6) is 11.6 Å². The number of hydrogen-bond donors (Lipinski definition) is 3. The van der Waals surface area contributed by atoms with Crippen LogP contribution in [0.4, 0.5) is 10.2 Å². The molecule has 1 aromatic carbocycles. The van der Waals surface area contributed by atoms with E-state index < -0.39 is 12.2 Å². The minimum Gasteiger partial charge on any atom is -0.436 e. The van der Waals surface area contributed by atoms with Gasteiger partial charge in [-0.05, 0) is 31.5 Å². The average molecular weight is 467 g/mol. The van der Waals surface area contributed by atoms with E-state index in [0.29, 0.717) is 41.3 Å². The Morgan fingerprint density at radius 2 is 2.12 bits per heavy atom. The Bertz CT molecular complexity index is 1340. The van der Waals surface area contributed by atoms with Gasteiger partial charge in [0, 0.05) is 41.2 Å². The van der Waals surface area contributed by atoms with Crippen LogP contribution in [0.2, 0.25) is 0 Å². The third kappa shape index (κ3) is 4.10. The average Bonchev–Trinajstić information content (AvgIpc) is 3.43. The molecule has 1 aliphatic heterocycles. The molecule has 178 valence electrons. The highest BCUT2D eigenvalue weighted by Crippen LogP contribution is 2.34. The third-order valence-electron chi connectivity index (χ3n) is 5.92. The largest absolute Gasteiger partial charge is 0.436 e. The Labute approximate surface area is 196 Å². The maximum absolute atomic E-state index is 15.4. The second kappa shape index (κ2) is 8.37. The van der Waals surface area contributed by atoms with E-state index in [1.165, 1.54) is 17.0 Å². The summed E-state index contributed by atoms with van der Waals surface area (Å²) >= 11 is 0. The first-order valence-corrected chi connectivity index (χ1v) is 11.2. The van der Waals surface area contributed by atoms with Crippen molar-refractivity contribution >= 4 is 16.7 Å². The Kier molecular flexibility index (Phi) is 5.49. The summed E-state index contributed by atoms with van der Waals surface area (Å²) in [5.74, 6) is 0.959. The van der Waals surface area contributed by atoms with Crippen molar-refractivity contribution in [3.8, 4) is 11.6 Å². The van der Waals surface area contributed by atoms with E-state index >= 15 is 4.39 Å². The van der Waals surface area contributed by atoms with Crippen molar-refractivity contribution in [2.75, 3.05) is 5.32 Å². The van der Waals surface area contributed by atoms with Crippen LogP contribution in [0.1, 0.15) is 51.1 Å². The van der Waals surface area contributed by atoms with Gasteiger partial charge in [-0.1, -0.05) is 25.9 Å². The molecule has 0 radical (unpaired) electrons. The van der Waals surface area contributed by atoms with Crippen molar-refractivity contribution in [1.29, 1.82) is 0 Å². The summed E-state index contributed by atoms with van der Waals surface area (Å²) in [4.78, 5) is 8.55. The molecular weight excluding hydrogens is 439 g/mol. The number of benzene rings is 1. The minimum absolute atomic E-state index is 0.0612. The smallest absolute Gasteiger partial charge is 0.226 e. The first kappa shape index (κ1) is 22.3. The molecule has 0 bridgehead atoms. The van der Waals surface area contributed by atoms with E-state index in [4.69, 9.17) is 9.26 Å². The first-order chi connectivity index (χ1) is 16.2. The van der Waals surface area contributed by atoms with Crippen molar-refractivity contribution < 1.29 is 18.8 Å². The molecule has 2 atom stereocenters. The van der Waals surface area contributed by atoms with E-state index in [9.17, 15) is 5.11 Å². The number of fused-ring (bicyclic) bond motifs is 2. The fraction of sp³-hybridized carbons (Fsp3) is 0.375. The molecule has 3 N–H and O–H groups in total. The van der Waals surface area contributed by atoms with E-state index in [1.807, 2.05) is 20.8 Å². The lowest BCUT2D eigenvalue weighted by Crippen LogP contribution is -2.33. The summed E-state index contributed by atoms with van der Waals surface area (Å²) in [6.45, 7) is 8.70. The maximum Gasteiger partial charge on any atom is 0.226 e. The molecule has 1 unspecified atom stereocenters. The van der Waals surface area contributed by atoms with Gasteiger partial charge in [0.1, 0.15) is 12.1 Å². The highest BCUT2D eigenvalue weighted by molar-refractivity contribution is 5.83. The number of halogens is 1. The predicted molar refractivity (Wildman–Crippen MR) is 124 cm³/mol. The highest BCUT2D eigenvalue weighted by atomic mass is 19.1. The third-order valence-corrected chi connectivity index (χ3v) is 5.92. The quantitative estimate of drug-likeness (QED) is 0.375. The van der Waals surface area contributed by atoms with Crippen LogP contribution in [0.15, 0.2) is 41.3 Å². The van der Waals surface area contributed by atoms with Crippen LogP contribution in [-0.4, -0.2) is 30.8 Å². The molecule has 0 fully saturated rings. The zero-order valence-corrected chi connectivity index (χ0v) is 19.5. The second-order valence-corrected chi connectivity index (χ2v) is 9.57. The van der Waals surface area contributed by atoms with E-state index in [2.05, 4.69) is 32.7 Å². The SMILES string of the molecule is C[C@@H]1Cc2c(ncnc2Oc2ccc3c(ccn3C(O)Nc3cc(C(C)(C)C)on3)c2F)CN1. The first-order valence-electron chi connectivity index (χ1n) is 11.2. The summed E-state index contributed by atoms with van der Waals surface area (Å²) in [5, 5.41) is 21.2. The van der Waals surface area contributed by atoms with Gasteiger partial charge < -0.3 is 29.6 Å². The number of anilines is 1. The van der Waals surface area contributed by atoms with Gasteiger partial charge in [-0.2, -0.15) is 0 Å². The summed E-state index contributed by atoms with van der Waals surface area (Å²) in [5.41, 5.74) is 2.02. The molecule has 0 aliphatic carbocycles. The normalized spacial score (nSPS) is 16.9. The zero-order valence-electron chi connectivity index (χ0n) is 19.5.